The van der Waals surface area contributed by atoms with Gasteiger partial charge in [0.05, 0.1) is 5.56 Å². The van der Waals surface area contributed by atoms with Crippen molar-refractivity contribution in [2.45, 2.75) is 44.0 Å². The SMILES string of the molecule is CC1(C)[C@@H]2C[C@H](CC=O)[C@@H](NC(=O)c3csc4ccc(OS(=O)(=O)c5ccccc5)cc34)[C@H]1C2. The van der Waals surface area contributed by atoms with Crippen molar-refractivity contribution in [3.63, 3.8) is 0 Å². The topological polar surface area (TPSA) is 89.5 Å². The zero-order valence-corrected chi connectivity index (χ0v) is 20.7. The Morgan fingerprint density at radius 1 is 1.18 bits per heavy atom. The van der Waals surface area contributed by atoms with Crippen LogP contribution < -0.4 is 9.50 Å². The van der Waals surface area contributed by atoms with Gasteiger partial charge in [0, 0.05) is 27.9 Å². The third-order valence-electron chi connectivity index (χ3n) is 7.80. The largest absolute Gasteiger partial charge is 0.379 e. The molecule has 0 aliphatic heterocycles. The Morgan fingerprint density at radius 3 is 2.65 bits per heavy atom. The molecule has 3 aliphatic carbocycles. The molecule has 0 spiro atoms. The number of rotatable bonds is 7. The fourth-order valence-electron chi connectivity index (χ4n) is 5.72. The number of carbonyl (C=O) groups is 2. The summed E-state index contributed by atoms with van der Waals surface area (Å²) in [7, 11) is -3.98. The number of fused-ring (bicyclic) bond motifs is 3. The molecule has 3 aliphatic rings. The van der Waals surface area contributed by atoms with Crippen molar-refractivity contribution in [2.75, 3.05) is 0 Å². The Bertz CT molecular complexity index is 1350. The van der Waals surface area contributed by atoms with Crippen molar-refractivity contribution in [1.29, 1.82) is 0 Å². The van der Waals surface area contributed by atoms with Crippen molar-refractivity contribution < 1.29 is 22.2 Å². The third kappa shape index (κ3) is 3.92. The highest BCUT2D eigenvalue weighted by Crippen LogP contribution is 2.61. The molecule has 1 amide bonds. The maximum Gasteiger partial charge on any atom is 0.339 e. The van der Waals surface area contributed by atoms with Gasteiger partial charge in [-0.25, -0.2) is 0 Å². The molecule has 2 bridgehead atoms. The number of carbonyl (C=O) groups excluding carboxylic acids is 2. The number of amides is 1. The number of hydrogen-bond donors (Lipinski definition) is 1. The van der Waals surface area contributed by atoms with Crippen LogP contribution in [0.2, 0.25) is 0 Å². The molecule has 3 aromatic rings. The molecule has 178 valence electrons. The first-order valence-electron chi connectivity index (χ1n) is 11.5. The standard InChI is InChI=1S/C26H27NO5S2/c1-26(2)17-12-16(10-11-28)24(22(26)13-17)27-25(29)21-15-33-23-9-8-18(14-20(21)23)32-34(30,31)19-6-4-3-5-7-19/h3-9,11,14-17,22,24H,10,12-13H2,1-2H3,(H,27,29)/t16-,17+,22+,24+/m0/s1. The number of benzene rings is 2. The maximum absolute atomic E-state index is 13.4. The highest BCUT2D eigenvalue weighted by atomic mass is 32.2. The lowest BCUT2D eigenvalue weighted by Gasteiger charge is -2.62. The van der Waals surface area contributed by atoms with Crippen LogP contribution in [0.3, 0.4) is 0 Å². The number of nitrogens with one attached hydrogen (secondary N) is 1. The summed E-state index contributed by atoms with van der Waals surface area (Å²) in [6.07, 6.45) is 3.44. The Morgan fingerprint density at radius 2 is 1.94 bits per heavy atom. The van der Waals surface area contributed by atoms with E-state index in [0.29, 0.717) is 29.2 Å². The predicted molar refractivity (Wildman–Crippen MR) is 132 cm³/mol. The normalized spacial score (nSPS) is 25.4. The lowest BCUT2D eigenvalue weighted by atomic mass is 9.44. The van der Waals surface area contributed by atoms with E-state index in [1.54, 1.807) is 41.8 Å². The van der Waals surface area contributed by atoms with E-state index in [-0.39, 0.29) is 33.9 Å². The Labute approximate surface area is 203 Å². The van der Waals surface area contributed by atoms with Crippen molar-refractivity contribution in [2.24, 2.45) is 23.2 Å². The zero-order chi connectivity index (χ0) is 24.1. The van der Waals surface area contributed by atoms with Crippen molar-refractivity contribution >= 4 is 43.7 Å². The molecule has 34 heavy (non-hydrogen) atoms. The van der Waals surface area contributed by atoms with Gasteiger partial charge in [-0.15, -0.1) is 11.3 Å². The molecule has 4 atom stereocenters. The molecule has 0 unspecified atom stereocenters. The van der Waals surface area contributed by atoms with Crippen LogP contribution in [0, 0.1) is 23.2 Å². The van der Waals surface area contributed by atoms with E-state index in [2.05, 4.69) is 19.2 Å². The van der Waals surface area contributed by atoms with Gasteiger partial charge in [0.2, 0.25) is 0 Å². The fraction of sp³-hybridized carbons (Fsp3) is 0.385. The summed E-state index contributed by atoms with van der Waals surface area (Å²) in [5.41, 5.74) is 0.646. The number of aldehydes is 1. The number of hydrogen-bond acceptors (Lipinski definition) is 6. The molecule has 1 N–H and O–H groups in total. The van der Waals surface area contributed by atoms with Crippen molar-refractivity contribution in [1.82, 2.24) is 5.32 Å². The molecule has 0 radical (unpaired) electrons. The molecular weight excluding hydrogens is 470 g/mol. The molecule has 8 heteroatoms. The molecule has 3 saturated carbocycles. The second-order valence-corrected chi connectivity index (χ2v) is 12.4. The van der Waals surface area contributed by atoms with E-state index in [9.17, 15) is 18.0 Å². The second kappa shape index (κ2) is 8.50. The molecule has 3 fully saturated rings. The molecule has 6 rings (SSSR count). The average Bonchev–Trinajstić information content (AvgIpc) is 3.23. The van der Waals surface area contributed by atoms with Crippen molar-refractivity contribution in [3.8, 4) is 5.75 Å². The molecular formula is C26H27NO5S2. The number of thiophene rings is 1. The lowest BCUT2D eigenvalue weighted by Crippen LogP contribution is -2.63. The first-order valence-corrected chi connectivity index (χ1v) is 13.7. The van der Waals surface area contributed by atoms with Gasteiger partial charge in [-0.1, -0.05) is 32.0 Å². The van der Waals surface area contributed by atoms with Gasteiger partial charge < -0.3 is 14.3 Å². The van der Waals surface area contributed by atoms with Crippen LogP contribution in [0.15, 0.2) is 58.8 Å². The summed E-state index contributed by atoms with van der Waals surface area (Å²) >= 11 is 1.43. The first kappa shape index (κ1) is 23.1. The Balaban J connectivity index is 1.40. The highest BCUT2D eigenvalue weighted by molar-refractivity contribution is 7.87. The maximum atomic E-state index is 13.4. The minimum Gasteiger partial charge on any atom is -0.379 e. The lowest BCUT2D eigenvalue weighted by molar-refractivity contribution is -0.123. The van der Waals surface area contributed by atoms with E-state index in [0.717, 1.165) is 23.8 Å². The average molecular weight is 498 g/mol. The quantitative estimate of drug-likeness (QED) is 0.365. The molecule has 1 heterocycles. The summed E-state index contributed by atoms with van der Waals surface area (Å²) in [5.74, 6) is 1.06. The van der Waals surface area contributed by atoms with Gasteiger partial charge in [-0.05, 0) is 66.3 Å². The minimum atomic E-state index is -3.98. The van der Waals surface area contributed by atoms with E-state index >= 15 is 0 Å². The summed E-state index contributed by atoms with van der Waals surface area (Å²) < 4.78 is 31.5. The van der Waals surface area contributed by atoms with Gasteiger partial charge >= 0.3 is 10.1 Å². The van der Waals surface area contributed by atoms with E-state index in [1.807, 2.05) is 0 Å². The van der Waals surface area contributed by atoms with Crippen LogP contribution in [0.5, 0.6) is 5.75 Å². The predicted octanol–water partition coefficient (Wildman–Crippen LogP) is 5.04. The van der Waals surface area contributed by atoms with Gasteiger partial charge in [0.1, 0.15) is 16.9 Å². The zero-order valence-electron chi connectivity index (χ0n) is 19.1. The fourth-order valence-corrected chi connectivity index (χ4v) is 7.58. The second-order valence-electron chi connectivity index (χ2n) is 9.92. The van der Waals surface area contributed by atoms with Crippen molar-refractivity contribution in [3.05, 3.63) is 59.5 Å². The molecule has 2 aromatic carbocycles. The monoisotopic (exact) mass is 497 g/mol. The summed E-state index contributed by atoms with van der Waals surface area (Å²) in [6, 6.07) is 12.9. The van der Waals surface area contributed by atoms with Crippen LogP contribution in [0.25, 0.3) is 10.1 Å². The smallest absolute Gasteiger partial charge is 0.339 e. The van der Waals surface area contributed by atoms with Gasteiger partial charge in [-0.3, -0.25) is 4.79 Å². The Hall–Kier alpha value is -2.71. The molecule has 1 aromatic heterocycles. The van der Waals surface area contributed by atoms with E-state index in [1.165, 1.54) is 23.5 Å². The Kier molecular flexibility index (Phi) is 5.76. The molecule has 6 nitrogen and oxygen atoms in total. The first-order chi connectivity index (χ1) is 16.2. The van der Waals surface area contributed by atoms with Crippen LogP contribution in [0.4, 0.5) is 0 Å². The van der Waals surface area contributed by atoms with Gasteiger partial charge in [-0.2, -0.15) is 8.42 Å². The van der Waals surface area contributed by atoms with Crippen LogP contribution in [0.1, 0.15) is 43.5 Å². The third-order valence-corrected chi connectivity index (χ3v) is 10.0. The van der Waals surface area contributed by atoms with Gasteiger partial charge in [0.25, 0.3) is 5.91 Å². The highest BCUT2D eigenvalue weighted by Gasteiger charge is 2.57. The van der Waals surface area contributed by atoms with Crippen LogP contribution in [-0.4, -0.2) is 26.7 Å². The summed E-state index contributed by atoms with van der Waals surface area (Å²) in [5, 5.41) is 5.68. The van der Waals surface area contributed by atoms with Crippen LogP contribution in [-0.2, 0) is 14.9 Å². The summed E-state index contributed by atoms with van der Waals surface area (Å²) in [4.78, 5) is 24.7. The van der Waals surface area contributed by atoms with E-state index < -0.39 is 10.1 Å². The van der Waals surface area contributed by atoms with Crippen LogP contribution >= 0.6 is 11.3 Å². The molecule has 0 saturated heterocycles. The summed E-state index contributed by atoms with van der Waals surface area (Å²) in [6.45, 7) is 4.50. The minimum absolute atomic E-state index is 0.0504. The van der Waals surface area contributed by atoms with Gasteiger partial charge in [0.15, 0.2) is 0 Å². The van der Waals surface area contributed by atoms with E-state index in [4.69, 9.17) is 4.18 Å².